The third-order valence-electron chi connectivity index (χ3n) is 3.60. The van der Waals surface area contributed by atoms with Crippen LogP contribution in [0.25, 0.3) is 0 Å². The van der Waals surface area contributed by atoms with Crippen molar-refractivity contribution in [3.63, 3.8) is 0 Å². The van der Waals surface area contributed by atoms with Crippen molar-refractivity contribution < 1.29 is 4.39 Å². The Kier molecular flexibility index (Phi) is 6.79. The summed E-state index contributed by atoms with van der Waals surface area (Å²) in [4.78, 5) is 0. The van der Waals surface area contributed by atoms with Crippen LogP contribution in [0.15, 0.2) is 24.3 Å². The van der Waals surface area contributed by atoms with E-state index in [2.05, 4.69) is 21.5 Å². The fourth-order valence-corrected chi connectivity index (χ4v) is 2.75. The van der Waals surface area contributed by atoms with Gasteiger partial charge in [-0.2, -0.15) is 0 Å². The molecule has 0 aliphatic heterocycles. The predicted molar refractivity (Wildman–Crippen MR) is 94.7 cm³/mol. The maximum atomic E-state index is 12.8. The van der Waals surface area contributed by atoms with Crippen LogP contribution in [0.5, 0.6) is 0 Å². The molecule has 1 fully saturated rings. The smallest absolute Gasteiger partial charge is 0.185 e. The fraction of sp³-hybridized carbons (Fsp3) is 0.467. The topological polar surface area (TPSA) is 48.1 Å². The van der Waals surface area contributed by atoms with Crippen molar-refractivity contribution >= 4 is 34.7 Å². The number of rotatable bonds is 3. The molecule has 0 unspecified atom stereocenters. The van der Waals surface area contributed by atoms with Gasteiger partial charge in [-0.05, 0) is 55.0 Å². The molecule has 4 N–H and O–H groups in total. The Labute approximate surface area is 141 Å². The van der Waals surface area contributed by atoms with E-state index in [9.17, 15) is 4.39 Å². The monoisotopic (exact) mass is 340 g/mol. The number of hydrogen-bond donors (Lipinski definition) is 4. The van der Waals surface area contributed by atoms with Gasteiger partial charge in [0, 0.05) is 12.6 Å². The number of hydrazine groups is 1. The average Bonchev–Trinajstić information content (AvgIpc) is 2.53. The molecule has 0 atom stereocenters. The summed E-state index contributed by atoms with van der Waals surface area (Å²) in [5.74, 6) is -0.245. The van der Waals surface area contributed by atoms with Crippen LogP contribution in [-0.4, -0.2) is 16.3 Å². The summed E-state index contributed by atoms with van der Waals surface area (Å²) in [5, 5.41) is 7.30. The maximum absolute atomic E-state index is 12.8. The third-order valence-corrected chi connectivity index (χ3v) is 4.06. The van der Waals surface area contributed by atoms with Crippen LogP contribution in [0.3, 0.4) is 0 Å². The molecule has 0 aromatic heterocycles. The molecule has 1 aliphatic rings. The minimum Gasteiger partial charge on any atom is -0.359 e. The standard InChI is InChI=1S/C15H21FN4S2/c16-12-8-6-11(7-9-12)10-17-14(21)19-20-15(22)18-13-4-2-1-3-5-13/h6-9,13H,1-5,10H2,(H2,17,19,21)(H2,18,20,22). The van der Waals surface area contributed by atoms with Gasteiger partial charge in [0.25, 0.3) is 0 Å². The minimum absolute atomic E-state index is 0.245. The fourth-order valence-electron chi connectivity index (χ4n) is 2.41. The molecule has 0 saturated heterocycles. The van der Waals surface area contributed by atoms with E-state index < -0.39 is 0 Å². The molecule has 0 bridgehead atoms. The first kappa shape index (κ1) is 16.9. The molecule has 7 heteroatoms. The van der Waals surface area contributed by atoms with E-state index in [1.54, 1.807) is 12.1 Å². The molecule has 1 saturated carbocycles. The maximum Gasteiger partial charge on any atom is 0.185 e. The highest BCUT2D eigenvalue weighted by molar-refractivity contribution is 7.80. The Morgan fingerprint density at radius 1 is 1.00 bits per heavy atom. The minimum atomic E-state index is -0.245. The number of halogens is 1. The Morgan fingerprint density at radius 3 is 2.32 bits per heavy atom. The summed E-state index contributed by atoms with van der Waals surface area (Å²) in [6, 6.07) is 6.74. The normalized spacial score (nSPS) is 15.0. The van der Waals surface area contributed by atoms with Crippen LogP contribution < -0.4 is 21.5 Å². The Balaban J connectivity index is 1.62. The molecule has 0 heterocycles. The van der Waals surface area contributed by atoms with Crippen molar-refractivity contribution in [1.82, 2.24) is 21.5 Å². The van der Waals surface area contributed by atoms with Crippen molar-refractivity contribution in [2.45, 2.75) is 44.7 Å². The lowest BCUT2D eigenvalue weighted by Crippen LogP contribution is -2.52. The number of benzene rings is 1. The highest BCUT2D eigenvalue weighted by Gasteiger charge is 2.13. The Bertz CT molecular complexity index is 501. The van der Waals surface area contributed by atoms with Crippen LogP contribution in [0.1, 0.15) is 37.7 Å². The van der Waals surface area contributed by atoms with E-state index >= 15 is 0 Å². The van der Waals surface area contributed by atoms with Gasteiger partial charge in [0.15, 0.2) is 10.2 Å². The van der Waals surface area contributed by atoms with Crippen molar-refractivity contribution in [3.05, 3.63) is 35.6 Å². The summed E-state index contributed by atoms with van der Waals surface area (Å²) >= 11 is 10.4. The van der Waals surface area contributed by atoms with Gasteiger partial charge in [0.1, 0.15) is 5.82 Å². The van der Waals surface area contributed by atoms with Gasteiger partial charge in [-0.3, -0.25) is 10.9 Å². The van der Waals surface area contributed by atoms with E-state index in [0.29, 0.717) is 22.8 Å². The lowest BCUT2D eigenvalue weighted by molar-refractivity contribution is 0.411. The zero-order valence-corrected chi connectivity index (χ0v) is 14.0. The van der Waals surface area contributed by atoms with Gasteiger partial charge < -0.3 is 10.6 Å². The molecule has 0 spiro atoms. The summed E-state index contributed by atoms with van der Waals surface area (Å²) in [6.07, 6.45) is 6.15. The molecule has 4 nitrogen and oxygen atoms in total. The first-order valence-electron chi connectivity index (χ1n) is 7.48. The summed E-state index contributed by atoms with van der Waals surface area (Å²) in [7, 11) is 0. The van der Waals surface area contributed by atoms with Gasteiger partial charge in [-0.1, -0.05) is 31.4 Å². The number of thiocarbonyl (C=S) groups is 2. The Morgan fingerprint density at radius 2 is 1.64 bits per heavy atom. The zero-order chi connectivity index (χ0) is 15.8. The first-order valence-corrected chi connectivity index (χ1v) is 8.30. The van der Waals surface area contributed by atoms with Gasteiger partial charge in [-0.25, -0.2) is 4.39 Å². The summed E-state index contributed by atoms with van der Waals surface area (Å²) in [6.45, 7) is 0.524. The van der Waals surface area contributed by atoms with E-state index in [4.69, 9.17) is 24.4 Å². The summed E-state index contributed by atoms with van der Waals surface area (Å²) in [5.41, 5.74) is 6.68. The van der Waals surface area contributed by atoms with Crippen molar-refractivity contribution in [2.24, 2.45) is 0 Å². The first-order chi connectivity index (χ1) is 10.6. The van der Waals surface area contributed by atoms with Crippen LogP contribution in [0.2, 0.25) is 0 Å². The van der Waals surface area contributed by atoms with Crippen LogP contribution >= 0.6 is 24.4 Å². The molecule has 0 amide bonds. The van der Waals surface area contributed by atoms with E-state index in [-0.39, 0.29) is 5.82 Å². The van der Waals surface area contributed by atoms with Crippen molar-refractivity contribution in [2.75, 3.05) is 0 Å². The molecule has 0 radical (unpaired) electrons. The van der Waals surface area contributed by atoms with Crippen LogP contribution in [0.4, 0.5) is 4.39 Å². The lowest BCUT2D eigenvalue weighted by Gasteiger charge is -2.24. The number of hydrogen-bond acceptors (Lipinski definition) is 2. The molecule has 1 aromatic rings. The van der Waals surface area contributed by atoms with Gasteiger partial charge in [-0.15, -0.1) is 0 Å². The van der Waals surface area contributed by atoms with Gasteiger partial charge >= 0.3 is 0 Å². The average molecular weight is 340 g/mol. The van der Waals surface area contributed by atoms with Crippen LogP contribution in [0, 0.1) is 5.82 Å². The van der Waals surface area contributed by atoms with E-state index in [1.807, 2.05) is 0 Å². The second-order valence-corrected chi connectivity index (χ2v) is 6.18. The number of nitrogens with one attached hydrogen (secondary N) is 4. The van der Waals surface area contributed by atoms with E-state index in [0.717, 1.165) is 18.4 Å². The second-order valence-electron chi connectivity index (χ2n) is 5.37. The second kappa shape index (κ2) is 8.85. The molecule has 120 valence electrons. The highest BCUT2D eigenvalue weighted by Crippen LogP contribution is 2.17. The third kappa shape index (κ3) is 6.11. The quantitative estimate of drug-likeness (QED) is 0.501. The van der Waals surface area contributed by atoms with Crippen molar-refractivity contribution in [1.29, 1.82) is 0 Å². The largest absolute Gasteiger partial charge is 0.359 e. The SMILES string of the molecule is Fc1ccc(CNC(=S)NNC(=S)NC2CCCCC2)cc1. The molecule has 2 rings (SSSR count). The molecule has 1 aliphatic carbocycles. The summed E-state index contributed by atoms with van der Waals surface area (Å²) < 4.78 is 12.8. The van der Waals surface area contributed by atoms with Gasteiger partial charge in [0.2, 0.25) is 0 Å². The Hall–Kier alpha value is -1.47. The molecular weight excluding hydrogens is 319 g/mol. The predicted octanol–water partition coefficient (Wildman–Crippen LogP) is 2.50. The van der Waals surface area contributed by atoms with Crippen LogP contribution in [-0.2, 0) is 6.54 Å². The van der Waals surface area contributed by atoms with E-state index in [1.165, 1.54) is 31.4 Å². The molecule has 22 heavy (non-hydrogen) atoms. The molecular formula is C15H21FN4S2. The van der Waals surface area contributed by atoms with Crippen molar-refractivity contribution in [3.8, 4) is 0 Å². The lowest BCUT2D eigenvalue weighted by atomic mass is 9.96. The highest BCUT2D eigenvalue weighted by atomic mass is 32.1. The molecule has 1 aromatic carbocycles. The zero-order valence-electron chi connectivity index (χ0n) is 12.3. The van der Waals surface area contributed by atoms with Gasteiger partial charge in [0.05, 0.1) is 0 Å².